The van der Waals surface area contributed by atoms with Gasteiger partial charge in [-0.3, -0.25) is 19.8 Å². The molecule has 0 aromatic carbocycles. The van der Waals surface area contributed by atoms with Crippen molar-refractivity contribution in [1.29, 1.82) is 0 Å². The molecule has 34 heavy (non-hydrogen) atoms. The summed E-state index contributed by atoms with van der Waals surface area (Å²) < 4.78 is 11.1. The number of morpholine rings is 1. The van der Waals surface area contributed by atoms with Gasteiger partial charge in [0.05, 0.1) is 36.8 Å². The van der Waals surface area contributed by atoms with Gasteiger partial charge in [0, 0.05) is 50.7 Å². The molecule has 0 N–H and O–H groups in total. The number of aromatic nitrogens is 3. The van der Waals surface area contributed by atoms with Crippen LogP contribution in [-0.2, 0) is 30.8 Å². The third kappa shape index (κ3) is 5.37. The fourth-order valence-corrected chi connectivity index (χ4v) is 5.39. The van der Waals surface area contributed by atoms with Gasteiger partial charge >= 0.3 is 0 Å². The molecule has 1 aliphatic heterocycles. The zero-order valence-corrected chi connectivity index (χ0v) is 20.3. The normalized spacial score (nSPS) is 22.6. The van der Waals surface area contributed by atoms with Crippen LogP contribution in [0.15, 0.2) is 59.4 Å². The van der Waals surface area contributed by atoms with Crippen molar-refractivity contribution < 1.29 is 9.26 Å². The Morgan fingerprint density at radius 3 is 2.24 bits per heavy atom. The summed E-state index contributed by atoms with van der Waals surface area (Å²) >= 11 is 0. The van der Waals surface area contributed by atoms with E-state index in [4.69, 9.17) is 9.26 Å². The third-order valence-corrected chi connectivity index (χ3v) is 7.59. The van der Waals surface area contributed by atoms with Crippen molar-refractivity contribution in [2.45, 2.75) is 52.4 Å². The number of rotatable bonds is 9. The fourth-order valence-electron chi connectivity index (χ4n) is 5.39. The van der Waals surface area contributed by atoms with Crippen LogP contribution in [0.25, 0.3) is 0 Å². The quantitative estimate of drug-likeness (QED) is 0.478. The second-order valence-electron chi connectivity index (χ2n) is 10.2. The summed E-state index contributed by atoms with van der Waals surface area (Å²) in [6.07, 6.45) is 5.85. The number of hydrogen-bond acceptors (Lipinski definition) is 7. The maximum Gasteiger partial charge on any atom is 0.150 e. The second-order valence-corrected chi connectivity index (χ2v) is 10.2. The Morgan fingerprint density at radius 2 is 1.65 bits per heavy atom. The van der Waals surface area contributed by atoms with Gasteiger partial charge in [0.2, 0.25) is 0 Å². The average molecular weight is 462 g/mol. The van der Waals surface area contributed by atoms with Gasteiger partial charge in [0.15, 0.2) is 5.76 Å². The van der Waals surface area contributed by atoms with Crippen LogP contribution in [0.3, 0.4) is 0 Å². The maximum atomic E-state index is 5.68. The number of ether oxygens (including phenoxy) is 1. The SMILES string of the molecule is CC1(C)C(Cc2cc(CN3CCOCC3)on2)CC1N(Cc1ccccn1)Cc1ccccn1. The Bertz CT molecular complexity index is 992. The van der Waals surface area contributed by atoms with Crippen molar-refractivity contribution in [1.82, 2.24) is 24.9 Å². The number of nitrogens with zero attached hydrogens (tertiary/aromatic N) is 5. The molecule has 0 spiro atoms. The lowest BCUT2D eigenvalue weighted by Gasteiger charge is -2.56. The molecule has 7 heteroatoms. The van der Waals surface area contributed by atoms with Crippen molar-refractivity contribution in [3.8, 4) is 0 Å². The van der Waals surface area contributed by atoms with E-state index < -0.39 is 0 Å². The lowest BCUT2D eigenvalue weighted by molar-refractivity contribution is -0.0720. The monoisotopic (exact) mass is 461 g/mol. The van der Waals surface area contributed by atoms with Crippen LogP contribution in [0.2, 0.25) is 0 Å². The first-order valence-corrected chi connectivity index (χ1v) is 12.4. The maximum absolute atomic E-state index is 5.68. The molecule has 2 aliphatic rings. The molecule has 4 heterocycles. The summed E-state index contributed by atoms with van der Waals surface area (Å²) in [7, 11) is 0. The minimum Gasteiger partial charge on any atom is -0.379 e. The van der Waals surface area contributed by atoms with E-state index in [-0.39, 0.29) is 5.41 Å². The van der Waals surface area contributed by atoms with Crippen LogP contribution < -0.4 is 0 Å². The molecule has 0 amide bonds. The van der Waals surface area contributed by atoms with E-state index in [0.717, 1.165) is 81.6 Å². The Kier molecular flexibility index (Phi) is 7.04. The Hall–Kier alpha value is -2.61. The van der Waals surface area contributed by atoms with E-state index >= 15 is 0 Å². The molecular formula is C27H35N5O2. The van der Waals surface area contributed by atoms with E-state index in [2.05, 4.69) is 69.1 Å². The van der Waals surface area contributed by atoms with Gasteiger partial charge in [-0.2, -0.15) is 0 Å². The van der Waals surface area contributed by atoms with Crippen LogP contribution >= 0.6 is 0 Å². The van der Waals surface area contributed by atoms with Crippen LogP contribution in [0.4, 0.5) is 0 Å². The van der Waals surface area contributed by atoms with Crippen molar-refractivity contribution in [2.75, 3.05) is 26.3 Å². The molecule has 2 atom stereocenters. The van der Waals surface area contributed by atoms with Gasteiger partial charge in [0.25, 0.3) is 0 Å². The van der Waals surface area contributed by atoms with Crippen molar-refractivity contribution in [3.63, 3.8) is 0 Å². The van der Waals surface area contributed by atoms with Crippen LogP contribution in [0.5, 0.6) is 0 Å². The van der Waals surface area contributed by atoms with Gasteiger partial charge in [-0.05, 0) is 48.4 Å². The first-order valence-electron chi connectivity index (χ1n) is 12.4. The molecule has 7 nitrogen and oxygen atoms in total. The molecule has 2 fully saturated rings. The number of hydrogen-bond donors (Lipinski definition) is 0. The molecule has 3 aromatic heterocycles. The zero-order valence-electron chi connectivity index (χ0n) is 20.3. The average Bonchev–Trinajstić information content (AvgIpc) is 3.30. The molecule has 180 valence electrons. The molecule has 1 aliphatic carbocycles. The molecule has 3 aromatic rings. The predicted molar refractivity (Wildman–Crippen MR) is 130 cm³/mol. The lowest BCUT2D eigenvalue weighted by Crippen LogP contribution is -2.58. The number of pyridine rings is 2. The molecule has 1 saturated heterocycles. The van der Waals surface area contributed by atoms with Gasteiger partial charge < -0.3 is 9.26 Å². The first-order chi connectivity index (χ1) is 16.6. The van der Waals surface area contributed by atoms with Crippen molar-refractivity contribution in [3.05, 3.63) is 77.7 Å². The van der Waals surface area contributed by atoms with E-state index in [1.54, 1.807) is 0 Å². The Morgan fingerprint density at radius 1 is 0.971 bits per heavy atom. The molecular weight excluding hydrogens is 426 g/mol. The van der Waals surface area contributed by atoms with Gasteiger partial charge in [0.1, 0.15) is 0 Å². The zero-order chi connectivity index (χ0) is 23.4. The molecule has 1 saturated carbocycles. The highest BCUT2D eigenvalue weighted by atomic mass is 16.5. The molecule has 2 unspecified atom stereocenters. The highest BCUT2D eigenvalue weighted by Crippen LogP contribution is 2.51. The lowest BCUT2D eigenvalue weighted by atomic mass is 9.56. The van der Waals surface area contributed by atoms with Crippen LogP contribution in [0, 0.1) is 11.3 Å². The minimum absolute atomic E-state index is 0.160. The van der Waals surface area contributed by atoms with E-state index in [1.807, 2.05) is 24.5 Å². The van der Waals surface area contributed by atoms with Gasteiger partial charge in [-0.15, -0.1) is 0 Å². The van der Waals surface area contributed by atoms with Crippen molar-refractivity contribution >= 4 is 0 Å². The molecule has 0 radical (unpaired) electrons. The molecule has 0 bridgehead atoms. The van der Waals surface area contributed by atoms with E-state index in [0.29, 0.717) is 12.0 Å². The van der Waals surface area contributed by atoms with Gasteiger partial charge in [-0.25, -0.2) is 0 Å². The van der Waals surface area contributed by atoms with Crippen LogP contribution in [-0.4, -0.2) is 57.3 Å². The second kappa shape index (κ2) is 10.3. The first kappa shape index (κ1) is 23.1. The topological polar surface area (TPSA) is 67.5 Å². The summed E-state index contributed by atoms with van der Waals surface area (Å²) in [6.45, 7) is 10.8. The summed E-state index contributed by atoms with van der Waals surface area (Å²) in [5.74, 6) is 1.52. The van der Waals surface area contributed by atoms with E-state index in [1.165, 1.54) is 0 Å². The van der Waals surface area contributed by atoms with Crippen LogP contribution in [0.1, 0.15) is 43.1 Å². The predicted octanol–water partition coefficient (Wildman–Crippen LogP) is 3.96. The molecule has 5 rings (SSSR count). The largest absolute Gasteiger partial charge is 0.379 e. The minimum atomic E-state index is 0.160. The summed E-state index contributed by atoms with van der Waals surface area (Å²) in [4.78, 5) is 14.1. The summed E-state index contributed by atoms with van der Waals surface area (Å²) in [6, 6.07) is 14.9. The van der Waals surface area contributed by atoms with Crippen molar-refractivity contribution in [2.24, 2.45) is 11.3 Å². The van der Waals surface area contributed by atoms with E-state index in [9.17, 15) is 0 Å². The Labute approximate surface area is 202 Å². The van der Waals surface area contributed by atoms with Gasteiger partial charge in [-0.1, -0.05) is 31.1 Å². The highest BCUT2D eigenvalue weighted by molar-refractivity contribution is 5.14. The summed E-state index contributed by atoms with van der Waals surface area (Å²) in [5, 5.41) is 4.41. The standard InChI is InChI=1S/C27H35N5O2/c1-27(2)21(15-24-17-25(34-30-24)20-31-11-13-33-14-12-31)16-26(27)32(18-22-7-3-5-9-28-22)19-23-8-4-6-10-29-23/h3-10,17,21,26H,11-16,18-20H2,1-2H3. The Balaban J connectivity index is 1.24. The highest BCUT2D eigenvalue weighted by Gasteiger charge is 2.50. The summed E-state index contributed by atoms with van der Waals surface area (Å²) in [5.41, 5.74) is 3.43. The smallest absolute Gasteiger partial charge is 0.150 e. The third-order valence-electron chi connectivity index (χ3n) is 7.59. The fraction of sp³-hybridized carbons (Fsp3) is 0.519.